The summed E-state index contributed by atoms with van der Waals surface area (Å²) in [6.45, 7) is 0. The largest absolute Gasteiger partial charge is 0.419 e. The van der Waals surface area contributed by atoms with E-state index in [1.54, 1.807) is 0 Å². The lowest BCUT2D eigenvalue weighted by Gasteiger charge is -2.14. The van der Waals surface area contributed by atoms with Crippen molar-refractivity contribution in [3.05, 3.63) is 26.0 Å². The molecule has 0 bridgehead atoms. The van der Waals surface area contributed by atoms with Gasteiger partial charge in [0.25, 0.3) is 6.43 Å². The molecule has 0 aliphatic rings. The Hall–Kier alpha value is -0.180. The summed E-state index contributed by atoms with van der Waals surface area (Å²) in [7, 11) is 0. The molecular weight excluding hydrogens is 355 g/mol. The van der Waals surface area contributed by atoms with Crippen molar-refractivity contribution in [3.63, 3.8) is 0 Å². The fraction of sp³-hybridized carbons (Fsp3) is 0.286. The van der Waals surface area contributed by atoms with Gasteiger partial charge in [-0.3, -0.25) is 0 Å². The molecule has 1 aromatic rings. The molecule has 0 radical (unpaired) electrons. The van der Waals surface area contributed by atoms with Gasteiger partial charge < -0.3 is 0 Å². The average molecular weight is 357 g/mol. The summed E-state index contributed by atoms with van der Waals surface area (Å²) in [6, 6.07) is 0. The lowest BCUT2D eigenvalue weighted by molar-refractivity contribution is -0.139. The number of rotatable bonds is 1. The second-order valence-corrected chi connectivity index (χ2v) is 4.00. The quantitative estimate of drug-likeness (QED) is 0.415. The van der Waals surface area contributed by atoms with Gasteiger partial charge in [-0.1, -0.05) is 11.6 Å². The second-order valence-electron chi connectivity index (χ2n) is 2.48. The Morgan fingerprint density at radius 2 is 1.87 bits per heavy atom. The second kappa shape index (κ2) is 4.36. The third-order valence-corrected chi connectivity index (χ3v) is 2.67. The molecule has 1 aromatic heterocycles. The van der Waals surface area contributed by atoms with E-state index in [2.05, 4.69) is 4.98 Å². The SMILES string of the molecule is FC(F)c1c(I)cnc(Cl)c1C(F)(F)F. The Balaban J connectivity index is 3.53. The van der Waals surface area contributed by atoms with Gasteiger partial charge in [0.1, 0.15) is 10.7 Å². The van der Waals surface area contributed by atoms with Gasteiger partial charge in [0.05, 0.1) is 0 Å². The summed E-state index contributed by atoms with van der Waals surface area (Å²) in [5.74, 6) is 0. The van der Waals surface area contributed by atoms with E-state index < -0.39 is 28.9 Å². The highest BCUT2D eigenvalue weighted by Gasteiger charge is 2.40. The first-order valence-electron chi connectivity index (χ1n) is 3.44. The maximum atomic E-state index is 12.4. The molecule has 0 atom stereocenters. The molecule has 8 heteroatoms. The van der Waals surface area contributed by atoms with Gasteiger partial charge in [-0.15, -0.1) is 0 Å². The van der Waals surface area contributed by atoms with Crippen LogP contribution < -0.4 is 0 Å². The lowest BCUT2D eigenvalue weighted by atomic mass is 10.1. The number of alkyl halides is 5. The third-order valence-electron chi connectivity index (χ3n) is 1.53. The fourth-order valence-electron chi connectivity index (χ4n) is 0.961. The zero-order chi connectivity index (χ0) is 11.8. The van der Waals surface area contributed by atoms with E-state index in [0.717, 1.165) is 6.20 Å². The Bertz CT molecular complexity index is 378. The smallest absolute Gasteiger partial charge is 0.243 e. The van der Waals surface area contributed by atoms with E-state index in [-0.39, 0.29) is 3.57 Å². The van der Waals surface area contributed by atoms with Crippen LogP contribution in [0.25, 0.3) is 0 Å². The summed E-state index contributed by atoms with van der Waals surface area (Å²) < 4.78 is 61.7. The van der Waals surface area contributed by atoms with Crippen molar-refractivity contribution in [2.75, 3.05) is 0 Å². The van der Waals surface area contributed by atoms with E-state index in [1.165, 1.54) is 22.6 Å². The summed E-state index contributed by atoms with van der Waals surface area (Å²) in [6.07, 6.45) is -7.30. The molecule has 0 aromatic carbocycles. The van der Waals surface area contributed by atoms with Crippen LogP contribution in [0.3, 0.4) is 0 Å². The van der Waals surface area contributed by atoms with Gasteiger partial charge in [0.2, 0.25) is 0 Å². The molecule has 0 unspecified atom stereocenters. The van der Waals surface area contributed by atoms with E-state index in [1.807, 2.05) is 0 Å². The van der Waals surface area contributed by atoms with Crippen LogP contribution >= 0.6 is 34.2 Å². The summed E-state index contributed by atoms with van der Waals surface area (Å²) >= 11 is 6.52. The number of hydrogen-bond acceptors (Lipinski definition) is 1. The topological polar surface area (TPSA) is 12.9 Å². The van der Waals surface area contributed by atoms with Crippen LogP contribution in [0.5, 0.6) is 0 Å². The van der Waals surface area contributed by atoms with E-state index in [0.29, 0.717) is 0 Å². The maximum Gasteiger partial charge on any atom is 0.419 e. The van der Waals surface area contributed by atoms with E-state index in [9.17, 15) is 22.0 Å². The Labute approximate surface area is 99.8 Å². The van der Waals surface area contributed by atoms with Crippen molar-refractivity contribution in [2.24, 2.45) is 0 Å². The minimum Gasteiger partial charge on any atom is -0.243 e. The van der Waals surface area contributed by atoms with E-state index >= 15 is 0 Å². The molecule has 0 fully saturated rings. The van der Waals surface area contributed by atoms with Gasteiger partial charge in [0, 0.05) is 15.3 Å². The lowest BCUT2D eigenvalue weighted by Crippen LogP contribution is -2.13. The molecule has 1 heterocycles. The molecule has 0 saturated carbocycles. The van der Waals surface area contributed by atoms with Gasteiger partial charge in [-0.25, -0.2) is 13.8 Å². The molecule has 0 saturated heterocycles. The predicted octanol–water partition coefficient (Wildman–Crippen LogP) is 4.30. The Morgan fingerprint density at radius 1 is 1.33 bits per heavy atom. The number of pyridine rings is 1. The van der Waals surface area contributed by atoms with E-state index in [4.69, 9.17) is 11.6 Å². The molecule has 84 valence electrons. The number of hydrogen-bond donors (Lipinski definition) is 0. The third kappa shape index (κ3) is 2.68. The monoisotopic (exact) mass is 357 g/mol. The predicted molar refractivity (Wildman–Crippen MR) is 51.9 cm³/mol. The maximum absolute atomic E-state index is 12.4. The highest BCUT2D eigenvalue weighted by molar-refractivity contribution is 14.1. The molecule has 0 aliphatic heterocycles. The molecule has 15 heavy (non-hydrogen) atoms. The number of nitrogens with zero attached hydrogens (tertiary/aromatic N) is 1. The molecule has 0 aliphatic carbocycles. The number of halogens is 7. The molecular formula is C7H2ClF5IN. The van der Waals surface area contributed by atoms with Gasteiger partial charge in [0.15, 0.2) is 0 Å². The van der Waals surface area contributed by atoms with Crippen molar-refractivity contribution in [1.82, 2.24) is 4.98 Å². The summed E-state index contributed by atoms with van der Waals surface area (Å²) in [5.41, 5.74) is -2.69. The minimum absolute atomic E-state index is 0.265. The minimum atomic E-state index is -4.93. The van der Waals surface area contributed by atoms with Crippen molar-refractivity contribution in [1.29, 1.82) is 0 Å². The van der Waals surface area contributed by atoms with Gasteiger partial charge in [-0.05, 0) is 22.6 Å². The summed E-state index contributed by atoms with van der Waals surface area (Å²) in [4.78, 5) is 3.19. The first-order valence-corrected chi connectivity index (χ1v) is 4.90. The standard InChI is InChI=1S/C7H2ClF5IN/c8-5-4(7(11,12)13)3(6(9)10)2(14)1-15-5/h1,6H. The van der Waals surface area contributed by atoms with Crippen LogP contribution in [0.4, 0.5) is 22.0 Å². The van der Waals surface area contributed by atoms with Gasteiger partial charge >= 0.3 is 6.18 Å². The highest BCUT2D eigenvalue weighted by atomic mass is 127. The molecule has 1 nitrogen and oxygen atoms in total. The molecule has 1 rings (SSSR count). The first kappa shape index (κ1) is 12.9. The molecule has 0 amide bonds. The van der Waals surface area contributed by atoms with Crippen LogP contribution in [0.15, 0.2) is 6.20 Å². The fourth-order valence-corrected chi connectivity index (χ4v) is 1.86. The Morgan fingerprint density at radius 3 is 2.20 bits per heavy atom. The molecule has 0 spiro atoms. The Kier molecular flexibility index (Phi) is 3.75. The zero-order valence-corrected chi connectivity index (χ0v) is 9.66. The molecule has 0 N–H and O–H groups in total. The first-order chi connectivity index (χ1) is 6.75. The van der Waals surface area contributed by atoms with Crippen LogP contribution in [0.2, 0.25) is 5.15 Å². The highest BCUT2D eigenvalue weighted by Crippen LogP contribution is 2.41. The number of aromatic nitrogens is 1. The van der Waals surface area contributed by atoms with Crippen molar-refractivity contribution in [3.8, 4) is 0 Å². The van der Waals surface area contributed by atoms with Crippen molar-refractivity contribution in [2.45, 2.75) is 12.6 Å². The van der Waals surface area contributed by atoms with Crippen LogP contribution in [-0.2, 0) is 6.18 Å². The average Bonchev–Trinajstić information content (AvgIpc) is 2.05. The van der Waals surface area contributed by atoms with Crippen LogP contribution in [0, 0.1) is 3.57 Å². The zero-order valence-electron chi connectivity index (χ0n) is 6.75. The van der Waals surface area contributed by atoms with Crippen LogP contribution in [-0.4, -0.2) is 4.98 Å². The van der Waals surface area contributed by atoms with Crippen molar-refractivity contribution < 1.29 is 22.0 Å². The van der Waals surface area contributed by atoms with Gasteiger partial charge in [-0.2, -0.15) is 13.2 Å². The van der Waals surface area contributed by atoms with Crippen LogP contribution in [0.1, 0.15) is 17.6 Å². The summed E-state index contributed by atoms with van der Waals surface area (Å²) in [5, 5.41) is -0.960. The van der Waals surface area contributed by atoms with Crippen molar-refractivity contribution >= 4 is 34.2 Å². The normalized spacial score (nSPS) is 12.3.